The monoisotopic (exact) mass is 379 g/mol. The summed E-state index contributed by atoms with van der Waals surface area (Å²) in [6, 6.07) is 18.3. The van der Waals surface area contributed by atoms with Crippen molar-refractivity contribution in [3.63, 3.8) is 0 Å². The standard InChI is InChI=1S/C23H29N3O2/c1-3-25(4-2)22(27)16-21-23(28)24-14-15-26(21)17-18-10-12-20(13-11-18)19-8-6-5-7-9-19/h5-13,21H,3-4,14-17H2,1-2H3,(H,24,28)/t21-/m0/s1. The van der Waals surface area contributed by atoms with Crippen LogP contribution in [0.4, 0.5) is 0 Å². The highest BCUT2D eigenvalue weighted by Crippen LogP contribution is 2.21. The maximum atomic E-state index is 12.5. The maximum absolute atomic E-state index is 12.5. The van der Waals surface area contributed by atoms with Crippen LogP contribution in [0.1, 0.15) is 25.8 Å². The first-order valence-electron chi connectivity index (χ1n) is 10.1. The number of rotatable bonds is 7. The Morgan fingerprint density at radius 2 is 1.68 bits per heavy atom. The van der Waals surface area contributed by atoms with Crippen molar-refractivity contribution in [3.8, 4) is 11.1 Å². The minimum atomic E-state index is -0.407. The summed E-state index contributed by atoms with van der Waals surface area (Å²) in [4.78, 5) is 28.9. The Balaban J connectivity index is 1.70. The van der Waals surface area contributed by atoms with Gasteiger partial charge < -0.3 is 10.2 Å². The van der Waals surface area contributed by atoms with Crippen LogP contribution < -0.4 is 5.32 Å². The van der Waals surface area contributed by atoms with Gasteiger partial charge >= 0.3 is 0 Å². The zero-order chi connectivity index (χ0) is 19.9. The second-order valence-electron chi connectivity index (χ2n) is 7.11. The molecule has 5 heteroatoms. The van der Waals surface area contributed by atoms with Crippen LogP contribution in [0.5, 0.6) is 0 Å². The fourth-order valence-electron chi connectivity index (χ4n) is 3.71. The summed E-state index contributed by atoms with van der Waals surface area (Å²) in [5.41, 5.74) is 3.51. The van der Waals surface area contributed by atoms with Crippen LogP contribution in [0, 0.1) is 0 Å². The highest BCUT2D eigenvalue weighted by atomic mass is 16.2. The zero-order valence-corrected chi connectivity index (χ0v) is 16.7. The van der Waals surface area contributed by atoms with E-state index in [0.29, 0.717) is 26.2 Å². The molecule has 1 aliphatic rings. The molecule has 0 bridgehead atoms. The van der Waals surface area contributed by atoms with Crippen molar-refractivity contribution in [2.75, 3.05) is 26.2 Å². The molecule has 1 aliphatic heterocycles. The Labute approximate surface area is 167 Å². The lowest BCUT2D eigenvalue weighted by atomic mass is 10.0. The minimum Gasteiger partial charge on any atom is -0.353 e. The molecule has 1 fully saturated rings. The second-order valence-corrected chi connectivity index (χ2v) is 7.11. The Morgan fingerprint density at radius 3 is 2.32 bits per heavy atom. The van der Waals surface area contributed by atoms with Crippen LogP contribution in [-0.4, -0.2) is 53.8 Å². The van der Waals surface area contributed by atoms with E-state index in [9.17, 15) is 9.59 Å². The molecular weight excluding hydrogens is 350 g/mol. The van der Waals surface area contributed by atoms with Crippen molar-refractivity contribution in [3.05, 3.63) is 60.2 Å². The molecule has 28 heavy (non-hydrogen) atoms. The molecule has 148 valence electrons. The molecule has 0 radical (unpaired) electrons. The van der Waals surface area contributed by atoms with Crippen molar-refractivity contribution in [1.82, 2.24) is 15.1 Å². The van der Waals surface area contributed by atoms with Gasteiger partial charge in [0.15, 0.2) is 0 Å². The fraction of sp³-hybridized carbons (Fsp3) is 0.391. The maximum Gasteiger partial charge on any atom is 0.237 e. The predicted molar refractivity (Wildman–Crippen MR) is 112 cm³/mol. The van der Waals surface area contributed by atoms with Gasteiger partial charge in [-0.25, -0.2) is 0 Å². The van der Waals surface area contributed by atoms with Gasteiger partial charge in [-0.05, 0) is 30.5 Å². The molecule has 1 N–H and O–H groups in total. The van der Waals surface area contributed by atoms with Crippen LogP contribution in [0.15, 0.2) is 54.6 Å². The number of hydrogen-bond acceptors (Lipinski definition) is 3. The quantitative estimate of drug-likeness (QED) is 0.805. The van der Waals surface area contributed by atoms with E-state index in [1.54, 1.807) is 4.90 Å². The molecule has 1 heterocycles. The topological polar surface area (TPSA) is 52.7 Å². The first-order chi connectivity index (χ1) is 13.6. The molecule has 0 unspecified atom stereocenters. The third-order valence-electron chi connectivity index (χ3n) is 5.37. The molecule has 2 aromatic carbocycles. The number of carbonyl (C=O) groups excluding carboxylic acids is 2. The first-order valence-corrected chi connectivity index (χ1v) is 10.1. The van der Waals surface area contributed by atoms with E-state index in [1.807, 2.05) is 32.0 Å². The molecule has 1 atom stereocenters. The number of hydrogen-bond donors (Lipinski definition) is 1. The Hall–Kier alpha value is -2.66. The Kier molecular flexibility index (Phi) is 6.82. The summed E-state index contributed by atoms with van der Waals surface area (Å²) in [7, 11) is 0. The van der Waals surface area contributed by atoms with Crippen LogP contribution in [0.3, 0.4) is 0 Å². The van der Waals surface area contributed by atoms with E-state index in [0.717, 1.165) is 12.1 Å². The van der Waals surface area contributed by atoms with Crippen LogP contribution in [0.2, 0.25) is 0 Å². The normalized spacial score (nSPS) is 17.2. The summed E-state index contributed by atoms with van der Waals surface area (Å²) in [6.45, 7) is 7.32. The number of amides is 2. The lowest BCUT2D eigenvalue weighted by molar-refractivity contribution is -0.138. The summed E-state index contributed by atoms with van der Waals surface area (Å²) < 4.78 is 0. The largest absolute Gasteiger partial charge is 0.353 e. The number of piperazine rings is 1. The van der Waals surface area contributed by atoms with Crippen molar-refractivity contribution in [2.24, 2.45) is 0 Å². The van der Waals surface area contributed by atoms with E-state index >= 15 is 0 Å². The lowest BCUT2D eigenvalue weighted by Crippen LogP contribution is -2.56. The average molecular weight is 380 g/mol. The average Bonchev–Trinajstić information content (AvgIpc) is 2.73. The molecule has 0 aliphatic carbocycles. The molecule has 0 aromatic heterocycles. The fourth-order valence-corrected chi connectivity index (χ4v) is 3.71. The second kappa shape index (κ2) is 9.51. The molecule has 5 nitrogen and oxygen atoms in total. The SMILES string of the molecule is CCN(CC)C(=O)C[C@H]1C(=O)NCCN1Cc1ccc(-c2ccccc2)cc1. The summed E-state index contributed by atoms with van der Waals surface area (Å²) in [5, 5.41) is 2.91. The predicted octanol–water partition coefficient (Wildman–Crippen LogP) is 2.91. The number of carbonyl (C=O) groups is 2. The molecule has 2 amide bonds. The van der Waals surface area contributed by atoms with Gasteiger partial charge in [0.25, 0.3) is 0 Å². The van der Waals surface area contributed by atoms with Crippen LogP contribution in [-0.2, 0) is 16.1 Å². The van der Waals surface area contributed by atoms with E-state index in [2.05, 4.69) is 46.6 Å². The molecule has 2 aromatic rings. The third kappa shape index (κ3) is 4.78. The molecule has 3 rings (SSSR count). The van der Waals surface area contributed by atoms with Gasteiger partial charge in [0.1, 0.15) is 0 Å². The van der Waals surface area contributed by atoms with Crippen molar-refractivity contribution < 1.29 is 9.59 Å². The summed E-state index contributed by atoms with van der Waals surface area (Å²) in [6.07, 6.45) is 0.232. The van der Waals surface area contributed by atoms with E-state index in [4.69, 9.17) is 0 Å². The van der Waals surface area contributed by atoms with Crippen LogP contribution >= 0.6 is 0 Å². The summed E-state index contributed by atoms with van der Waals surface area (Å²) >= 11 is 0. The van der Waals surface area contributed by atoms with Gasteiger partial charge in [-0.2, -0.15) is 0 Å². The molecule has 1 saturated heterocycles. The zero-order valence-electron chi connectivity index (χ0n) is 16.7. The first kappa shape index (κ1) is 20.1. The minimum absolute atomic E-state index is 0.0384. The number of nitrogens with zero attached hydrogens (tertiary/aromatic N) is 2. The molecular formula is C23H29N3O2. The van der Waals surface area contributed by atoms with Gasteiger partial charge in [-0.3, -0.25) is 14.5 Å². The lowest BCUT2D eigenvalue weighted by Gasteiger charge is -2.35. The van der Waals surface area contributed by atoms with Gasteiger partial charge in [0, 0.05) is 32.7 Å². The molecule has 0 saturated carbocycles. The van der Waals surface area contributed by atoms with E-state index < -0.39 is 6.04 Å². The number of benzene rings is 2. The van der Waals surface area contributed by atoms with Crippen molar-refractivity contribution in [1.29, 1.82) is 0 Å². The third-order valence-corrected chi connectivity index (χ3v) is 5.37. The Bertz CT molecular complexity index is 785. The van der Waals surface area contributed by atoms with Crippen LogP contribution in [0.25, 0.3) is 11.1 Å². The van der Waals surface area contributed by atoms with Gasteiger partial charge in [0.2, 0.25) is 11.8 Å². The van der Waals surface area contributed by atoms with Crippen molar-refractivity contribution in [2.45, 2.75) is 32.9 Å². The smallest absolute Gasteiger partial charge is 0.237 e. The van der Waals surface area contributed by atoms with Gasteiger partial charge in [-0.1, -0.05) is 54.6 Å². The van der Waals surface area contributed by atoms with Crippen molar-refractivity contribution >= 4 is 11.8 Å². The van der Waals surface area contributed by atoms with E-state index in [-0.39, 0.29) is 18.2 Å². The molecule has 0 spiro atoms. The highest BCUT2D eigenvalue weighted by Gasteiger charge is 2.32. The van der Waals surface area contributed by atoms with Gasteiger partial charge in [-0.15, -0.1) is 0 Å². The Morgan fingerprint density at radius 1 is 1.04 bits per heavy atom. The van der Waals surface area contributed by atoms with E-state index in [1.165, 1.54) is 11.1 Å². The highest BCUT2D eigenvalue weighted by molar-refractivity contribution is 5.88. The number of nitrogens with one attached hydrogen (secondary N) is 1. The summed E-state index contributed by atoms with van der Waals surface area (Å²) in [5.74, 6) is -0.0101. The van der Waals surface area contributed by atoms with Gasteiger partial charge in [0.05, 0.1) is 12.5 Å².